The molecule has 0 aromatic heterocycles. The summed E-state index contributed by atoms with van der Waals surface area (Å²) in [5, 5.41) is 16.8. The zero-order valence-electron chi connectivity index (χ0n) is 19.3. The average molecular weight is 480 g/mol. The maximum Gasteiger partial charge on any atom is 0.407 e. The van der Waals surface area contributed by atoms with Gasteiger partial charge in [-0.1, -0.05) is 61.4 Å². The molecule has 2 aromatic carbocycles. The molecule has 0 aliphatic heterocycles. The smallest absolute Gasteiger partial charge is 0.407 e. The van der Waals surface area contributed by atoms with Crippen LogP contribution in [-0.2, 0) is 19.1 Å². The Morgan fingerprint density at radius 2 is 1.43 bits per heavy atom. The van der Waals surface area contributed by atoms with Crippen molar-refractivity contribution in [3.8, 4) is 11.1 Å². The highest BCUT2D eigenvalue weighted by atomic mass is 16.5. The molecule has 9 nitrogen and oxygen atoms in total. The quantitative estimate of drug-likeness (QED) is 0.459. The largest absolute Gasteiger partial charge is 0.481 e. The SMILES string of the molecule is O=C(CNC(=O)OCC1c2ccccc2-c2ccccc21)NCC(=O)NC1CCCCC1C(=O)O. The molecule has 0 heterocycles. The summed E-state index contributed by atoms with van der Waals surface area (Å²) in [4.78, 5) is 47.7. The average Bonchev–Trinajstić information content (AvgIpc) is 3.19. The molecule has 2 unspecified atom stereocenters. The second-order valence-corrected chi connectivity index (χ2v) is 8.86. The van der Waals surface area contributed by atoms with E-state index in [-0.39, 0.29) is 25.6 Å². The summed E-state index contributed by atoms with van der Waals surface area (Å²) in [6.45, 7) is -0.505. The summed E-state index contributed by atoms with van der Waals surface area (Å²) in [5.41, 5.74) is 4.43. The molecule has 0 bridgehead atoms. The highest BCUT2D eigenvalue weighted by molar-refractivity contribution is 5.87. The lowest BCUT2D eigenvalue weighted by molar-refractivity contribution is -0.144. The van der Waals surface area contributed by atoms with Gasteiger partial charge in [0, 0.05) is 12.0 Å². The molecule has 4 rings (SSSR count). The van der Waals surface area contributed by atoms with E-state index in [1.807, 2.05) is 48.5 Å². The van der Waals surface area contributed by atoms with E-state index in [1.165, 1.54) is 0 Å². The second-order valence-electron chi connectivity index (χ2n) is 8.86. The Balaban J connectivity index is 1.19. The van der Waals surface area contributed by atoms with E-state index < -0.39 is 35.8 Å². The van der Waals surface area contributed by atoms with Crippen LogP contribution >= 0.6 is 0 Å². The Morgan fingerprint density at radius 1 is 0.829 bits per heavy atom. The monoisotopic (exact) mass is 479 g/mol. The number of rotatable bonds is 8. The number of hydrogen-bond donors (Lipinski definition) is 4. The molecule has 1 saturated carbocycles. The number of benzene rings is 2. The molecule has 9 heteroatoms. The first kappa shape index (κ1) is 24.3. The maximum absolute atomic E-state index is 12.2. The number of carbonyl (C=O) groups excluding carboxylic acids is 3. The van der Waals surface area contributed by atoms with Crippen molar-refractivity contribution in [2.45, 2.75) is 37.6 Å². The van der Waals surface area contributed by atoms with Crippen LogP contribution < -0.4 is 16.0 Å². The van der Waals surface area contributed by atoms with Gasteiger partial charge in [0.1, 0.15) is 13.2 Å². The molecular formula is C26H29N3O6. The molecule has 4 N–H and O–H groups in total. The molecule has 0 spiro atoms. The number of ether oxygens (including phenoxy) is 1. The zero-order valence-corrected chi connectivity index (χ0v) is 19.3. The third-order valence-electron chi connectivity index (χ3n) is 6.61. The van der Waals surface area contributed by atoms with E-state index >= 15 is 0 Å². The second kappa shape index (κ2) is 11.0. The van der Waals surface area contributed by atoms with Gasteiger partial charge in [0.25, 0.3) is 0 Å². The van der Waals surface area contributed by atoms with Gasteiger partial charge >= 0.3 is 12.1 Å². The van der Waals surface area contributed by atoms with Crippen molar-refractivity contribution in [3.05, 3.63) is 59.7 Å². The molecule has 35 heavy (non-hydrogen) atoms. The molecular weight excluding hydrogens is 450 g/mol. The fraction of sp³-hybridized carbons (Fsp3) is 0.385. The highest BCUT2D eigenvalue weighted by Crippen LogP contribution is 2.44. The van der Waals surface area contributed by atoms with Gasteiger partial charge in [-0.05, 0) is 35.1 Å². The molecule has 2 aliphatic carbocycles. The Bertz CT molecular complexity index is 1070. The van der Waals surface area contributed by atoms with E-state index in [0.29, 0.717) is 12.8 Å². The van der Waals surface area contributed by atoms with Crippen molar-refractivity contribution in [3.63, 3.8) is 0 Å². The minimum Gasteiger partial charge on any atom is -0.481 e. The number of fused-ring (bicyclic) bond motifs is 3. The minimum absolute atomic E-state index is 0.0833. The Hall–Kier alpha value is -3.88. The normalized spacial score (nSPS) is 18.6. The van der Waals surface area contributed by atoms with Crippen LogP contribution in [0.5, 0.6) is 0 Å². The van der Waals surface area contributed by atoms with Crippen LogP contribution in [0.15, 0.2) is 48.5 Å². The van der Waals surface area contributed by atoms with Crippen LogP contribution in [-0.4, -0.2) is 54.7 Å². The Labute approximate surface area is 203 Å². The third-order valence-corrected chi connectivity index (χ3v) is 6.61. The lowest BCUT2D eigenvalue weighted by atomic mass is 9.84. The fourth-order valence-electron chi connectivity index (χ4n) is 4.90. The van der Waals surface area contributed by atoms with Crippen LogP contribution in [0.3, 0.4) is 0 Å². The molecule has 3 amide bonds. The number of hydrogen-bond acceptors (Lipinski definition) is 5. The first-order valence-electron chi connectivity index (χ1n) is 11.8. The van der Waals surface area contributed by atoms with Gasteiger partial charge in [0.2, 0.25) is 11.8 Å². The first-order chi connectivity index (χ1) is 16.9. The molecule has 0 saturated heterocycles. The predicted octanol–water partition coefficient (Wildman–Crippen LogP) is 2.40. The van der Waals surface area contributed by atoms with Crippen molar-refractivity contribution < 1.29 is 29.0 Å². The summed E-state index contributed by atoms with van der Waals surface area (Å²) < 4.78 is 5.39. The summed E-state index contributed by atoms with van der Waals surface area (Å²) >= 11 is 0. The van der Waals surface area contributed by atoms with E-state index in [9.17, 15) is 24.3 Å². The molecule has 0 radical (unpaired) electrons. The van der Waals surface area contributed by atoms with Gasteiger partial charge in [-0.3, -0.25) is 14.4 Å². The molecule has 1 fully saturated rings. The van der Waals surface area contributed by atoms with E-state index in [2.05, 4.69) is 16.0 Å². The van der Waals surface area contributed by atoms with Crippen molar-refractivity contribution in [1.29, 1.82) is 0 Å². The molecule has 2 aliphatic rings. The topological polar surface area (TPSA) is 134 Å². The Kier molecular flexibility index (Phi) is 7.64. The number of carbonyl (C=O) groups is 4. The molecule has 2 aromatic rings. The third kappa shape index (κ3) is 5.79. The van der Waals surface area contributed by atoms with Crippen LogP contribution in [0.1, 0.15) is 42.7 Å². The highest BCUT2D eigenvalue weighted by Gasteiger charge is 2.32. The summed E-state index contributed by atoms with van der Waals surface area (Å²) in [6, 6.07) is 15.5. The lowest BCUT2D eigenvalue weighted by Crippen LogP contribution is -2.49. The number of aliphatic carboxylic acids is 1. The van der Waals surface area contributed by atoms with Gasteiger partial charge in [0.05, 0.1) is 12.5 Å². The number of carboxylic acid groups (broad SMARTS) is 1. The van der Waals surface area contributed by atoms with E-state index in [4.69, 9.17) is 4.74 Å². The van der Waals surface area contributed by atoms with Gasteiger partial charge in [-0.2, -0.15) is 0 Å². The molecule has 2 atom stereocenters. The molecule has 184 valence electrons. The number of alkyl carbamates (subject to hydrolysis) is 1. The first-order valence-corrected chi connectivity index (χ1v) is 11.8. The fourth-order valence-corrected chi connectivity index (χ4v) is 4.90. The van der Waals surface area contributed by atoms with E-state index in [1.54, 1.807) is 0 Å². The van der Waals surface area contributed by atoms with Gasteiger partial charge in [0.15, 0.2) is 0 Å². The number of amides is 3. The van der Waals surface area contributed by atoms with Crippen molar-refractivity contribution in [1.82, 2.24) is 16.0 Å². The van der Waals surface area contributed by atoms with Crippen LogP contribution in [0.2, 0.25) is 0 Å². The predicted molar refractivity (Wildman–Crippen MR) is 128 cm³/mol. The van der Waals surface area contributed by atoms with Crippen molar-refractivity contribution in [2.24, 2.45) is 5.92 Å². The van der Waals surface area contributed by atoms with Gasteiger partial charge in [-0.25, -0.2) is 4.79 Å². The van der Waals surface area contributed by atoms with Crippen molar-refractivity contribution in [2.75, 3.05) is 19.7 Å². The maximum atomic E-state index is 12.2. The van der Waals surface area contributed by atoms with Crippen LogP contribution in [0.25, 0.3) is 11.1 Å². The zero-order chi connectivity index (χ0) is 24.8. The minimum atomic E-state index is -0.925. The van der Waals surface area contributed by atoms with Gasteiger partial charge < -0.3 is 25.8 Å². The van der Waals surface area contributed by atoms with Crippen LogP contribution in [0, 0.1) is 5.92 Å². The standard InChI is InChI=1S/C26H29N3O6/c30-23(27-14-24(31)29-22-12-6-5-11-20(22)25(32)33)13-28-26(34)35-15-21-18-9-3-1-7-16(18)17-8-2-4-10-19(17)21/h1-4,7-10,20-22H,5-6,11-15H2,(H,27,30)(H,28,34)(H,29,31)(H,32,33). The number of carboxylic acids is 1. The summed E-state index contributed by atoms with van der Waals surface area (Å²) in [5.74, 6) is -2.63. The Morgan fingerprint density at radius 3 is 2.09 bits per heavy atom. The summed E-state index contributed by atoms with van der Waals surface area (Å²) in [7, 11) is 0. The summed E-state index contributed by atoms with van der Waals surface area (Å²) in [6.07, 6.45) is 2.07. The van der Waals surface area contributed by atoms with Crippen molar-refractivity contribution >= 4 is 23.9 Å². The lowest BCUT2D eigenvalue weighted by Gasteiger charge is -2.29. The van der Waals surface area contributed by atoms with Gasteiger partial charge in [-0.15, -0.1) is 0 Å². The van der Waals surface area contributed by atoms with Crippen LogP contribution in [0.4, 0.5) is 4.79 Å². The van der Waals surface area contributed by atoms with E-state index in [0.717, 1.165) is 35.1 Å². The number of nitrogens with one attached hydrogen (secondary N) is 3.